The molecular weight excluding hydrogens is 428 g/mol. The van der Waals surface area contributed by atoms with Gasteiger partial charge in [-0.15, -0.1) is 0 Å². The lowest BCUT2D eigenvalue weighted by molar-refractivity contribution is 0.102. The molecule has 4 aromatic rings. The summed E-state index contributed by atoms with van der Waals surface area (Å²) in [6.45, 7) is 1.73. The Balaban J connectivity index is 1.53. The van der Waals surface area contributed by atoms with Crippen molar-refractivity contribution >= 4 is 28.4 Å². The van der Waals surface area contributed by atoms with Crippen molar-refractivity contribution in [2.24, 2.45) is 0 Å². The number of aromatic nitrogens is 4. The predicted octanol–water partition coefficient (Wildman–Crippen LogP) is 3.53. The molecule has 0 spiro atoms. The molecule has 10 heteroatoms. The summed E-state index contributed by atoms with van der Waals surface area (Å²) in [5.41, 5.74) is 8.22. The monoisotopic (exact) mass is 449 g/mol. The number of rotatable bonds is 4. The number of anilines is 2. The van der Waals surface area contributed by atoms with Crippen LogP contribution in [0.1, 0.15) is 29.2 Å². The lowest BCUT2D eigenvalue weighted by Crippen LogP contribution is -2.32. The van der Waals surface area contributed by atoms with E-state index in [0.717, 1.165) is 32.0 Å². The van der Waals surface area contributed by atoms with E-state index in [0.29, 0.717) is 34.2 Å². The molecule has 2 aromatic carbocycles. The van der Waals surface area contributed by atoms with Crippen LogP contribution >= 0.6 is 0 Å². The second kappa shape index (κ2) is 8.55. The van der Waals surface area contributed by atoms with Crippen molar-refractivity contribution in [1.82, 2.24) is 25.1 Å². The van der Waals surface area contributed by atoms with Gasteiger partial charge in [0.2, 0.25) is 0 Å². The second-order valence-electron chi connectivity index (χ2n) is 7.91. The number of piperidine rings is 1. The molecule has 1 aliphatic rings. The summed E-state index contributed by atoms with van der Waals surface area (Å²) in [5, 5.41) is 11.3. The quantitative estimate of drug-likeness (QED) is 0.440. The van der Waals surface area contributed by atoms with Gasteiger partial charge in [-0.25, -0.2) is 23.4 Å². The molecule has 0 saturated carbocycles. The highest BCUT2D eigenvalue weighted by atomic mass is 19.1. The minimum atomic E-state index is -0.852. The number of fused-ring (bicyclic) bond motifs is 1. The van der Waals surface area contributed by atoms with Crippen molar-refractivity contribution < 1.29 is 13.6 Å². The largest absolute Gasteiger partial charge is 0.383 e. The fourth-order valence-electron chi connectivity index (χ4n) is 4.09. The molecule has 1 atom stereocenters. The number of halogens is 2. The van der Waals surface area contributed by atoms with Gasteiger partial charge in [-0.2, -0.15) is 5.10 Å². The second-order valence-corrected chi connectivity index (χ2v) is 7.91. The zero-order valence-electron chi connectivity index (χ0n) is 17.6. The minimum absolute atomic E-state index is 0.107. The average molecular weight is 449 g/mol. The Bertz CT molecular complexity index is 1350. The van der Waals surface area contributed by atoms with Crippen molar-refractivity contribution in [3.8, 4) is 11.3 Å². The van der Waals surface area contributed by atoms with E-state index in [1.54, 1.807) is 18.2 Å². The van der Waals surface area contributed by atoms with Gasteiger partial charge in [0.25, 0.3) is 5.91 Å². The topological polar surface area (TPSA) is 111 Å². The summed E-state index contributed by atoms with van der Waals surface area (Å²) in [6, 6.07) is 9.86. The van der Waals surface area contributed by atoms with E-state index >= 15 is 0 Å². The molecule has 0 aliphatic carbocycles. The predicted molar refractivity (Wildman–Crippen MR) is 121 cm³/mol. The molecular formula is C23H21F2N7O. The molecule has 0 radical (unpaired) electrons. The van der Waals surface area contributed by atoms with Crippen molar-refractivity contribution in [1.29, 1.82) is 0 Å². The van der Waals surface area contributed by atoms with Crippen molar-refractivity contribution in [3.05, 3.63) is 66.0 Å². The van der Waals surface area contributed by atoms with Crippen molar-refractivity contribution in [3.63, 3.8) is 0 Å². The number of hydrogen-bond acceptors (Lipinski definition) is 6. The van der Waals surface area contributed by atoms with Crippen LogP contribution < -0.4 is 16.4 Å². The van der Waals surface area contributed by atoms with Gasteiger partial charge >= 0.3 is 0 Å². The van der Waals surface area contributed by atoms with E-state index in [-0.39, 0.29) is 17.3 Å². The number of benzene rings is 2. The number of nitrogen functional groups attached to an aromatic ring is 1. The van der Waals surface area contributed by atoms with Crippen LogP contribution in [0.5, 0.6) is 0 Å². The molecule has 3 heterocycles. The molecule has 0 unspecified atom stereocenters. The standard InChI is InChI=1S/C23H21F2N7O/c24-15-6-7-18(17(25)10-15)30-23(33)14-4-1-3-13(9-14)20-19-21(26)28-12-29-22(19)32(31-20)16-5-2-8-27-11-16/h1,3-4,6-7,9-10,12,16,27H,2,5,8,11H2,(H,30,33)(H2,26,28,29)/t16-/m1/s1. The van der Waals surface area contributed by atoms with Crippen LogP contribution in [0.2, 0.25) is 0 Å². The summed E-state index contributed by atoms with van der Waals surface area (Å²) in [6.07, 6.45) is 3.40. The zero-order valence-corrected chi connectivity index (χ0v) is 17.6. The first kappa shape index (κ1) is 21.0. The lowest BCUT2D eigenvalue weighted by Gasteiger charge is -2.23. The van der Waals surface area contributed by atoms with Crippen LogP contribution in [0.25, 0.3) is 22.3 Å². The SMILES string of the molecule is Nc1ncnc2c1c(-c1cccc(C(=O)Nc3ccc(F)cc3F)c1)nn2[C@@H]1CCCNC1. The van der Waals surface area contributed by atoms with Crippen molar-refractivity contribution in [2.75, 3.05) is 24.1 Å². The molecule has 1 saturated heterocycles. The van der Waals surface area contributed by atoms with Gasteiger partial charge in [-0.3, -0.25) is 4.79 Å². The highest BCUT2D eigenvalue weighted by Gasteiger charge is 2.24. The molecule has 5 rings (SSSR count). The summed E-state index contributed by atoms with van der Waals surface area (Å²) >= 11 is 0. The first-order valence-electron chi connectivity index (χ1n) is 10.6. The summed E-state index contributed by atoms with van der Waals surface area (Å²) in [7, 11) is 0. The van der Waals surface area contributed by atoms with E-state index in [1.807, 2.05) is 10.7 Å². The number of nitrogens with one attached hydrogen (secondary N) is 2. The van der Waals surface area contributed by atoms with Gasteiger partial charge < -0.3 is 16.4 Å². The Kier molecular flexibility index (Phi) is 5.43. The van der Waals surface area contributed by atoms with Gasteiger partial charge in [0.15, 0.2) is 5.65 Å². The van der Waals surface area contributed by atoms with Crippen LogP contribution in [-0.2, 0) is 0 Å². The maximum absolute atomic E-state index is 14.0. The maximum Gasteiger partial charge on any atom is 0.255 e. The van der Waals surface area contributed by atoms with Gasteiger partial charge in [-0.05, 0) is 43.7 Å². The van der Waals surface area contributed by atoms with E-state index in [4.69, 9.17) is 10.8 Å². The Morgan fingerprint density at radius 3 is 2.85 bits per heavy atom. The van der Waals surface area contributed by atoms with Crippen LogP contribution in [0, 0.1) is 11.6 Å². The maximum atomic E-state index is 14.0. The van der Waals surface area contributed by atoms with Crippen LogP contribution in [0.3, 0.4) is 0 Å². The molecule has 8 nitrogen and oxygen atoms in total. The minimum Gasteiger partial charge on any atom is -0.383 e. The number of carbonyl (C=O) groups is 1. The zero-order chi connectivity index (χ0) is 22.9. The number of amides is 1. The molecule has 2 aromatic heterocycles. The van der Waals surface area contributed by atoms with Gasteiger partial charge in [0.1, 0.15) is 29.5 Å². The molecule has 168 valence electrons. The van der Waals surface area contributed by atoms with Gasteiger partial charge in [0, 0.05) is 23.7 Å². The molecule has 33 heavy (non-hydrogen) atoms. The highest BCUT2D eigenvalue weighted by Crippen LogP contribution is 2.33. The number of nitrogens with zero attached hydrogens (tertiary/aromatic N) is 4. The highest BCUT2D eigenvalue weighted by molar-refractivity contribution is 6.06. The summed E-state index contributed by atoms with van der Waals surface area (Å²) in [5.74, 6) is -1.81. The number of hydrogen-bond donors (Lipinski definition) is 3. The third kappa shape index (κ3) is 4.00. The molecule has 0 bridgehead atoms. The van der Waals surface area contributed by atoms with E-state index in [2.05, 4.69) is 20.6 Å². The van der Waals surface area contributed by atoms with Gasteiger partial charge in [0.05, 0.1) is 17.1 Å². The fourth-order valence-corrected chi connectivity index (χ4v) is 4.09. The smallest absolute Gasteiger partial charge is 0.255 e. The van der Waals surface area contributed by atoms with Crippen LogP contribution in [-0.4, -0.2) is 38.7 Å². The van der Waals surface area contributed by atoms with E-state index in [9.17, 15) is 13.6 Å². The first-order chi connectivity index (χ1) is 16.0. The van der Waals surface area contributed by atoms with Crippen LogP contribution in [0.15, 0.2) is 48.8 Å². The molecule has 4 N–H and O–H groups in total. The Hall–Kier alpha value is -3.92. The molecule has 1 aliphatic heterocycles. The Morgan fingerprint density at radius 1 is 1.18 bits per heavy atom. The molecule has 1 fully saturated rings. The number of nitrogens with two attached hydrogens (primary N) is 1. The summed E-state index contributed by atoms with van der Waals surface area (Å²) in [4.78, 5) is 21.3. The van der Waals surface area contributed by atoms with E-state index < -0.39 is 17.5 Å². The van der Waals surface area contributed by atoms with Crippen molar-refractivity contribution in [2.45, 2.75) is 18.9 Å². The fraction of sp³-hybridized carbons (Fsp3) is 0.217. The Labute approximate surface area is 187 Å². The Morgan fingerprint density at radius 2 is 2.06 bits per heavy atom. The normalized spacial score (nSPS) is 16.1. The average Bonchev–Trinajstić information content (AvgIpc) is 3.23. The number of carbonyl (C=O) groups excluding carboxylic acids is 1. The lowest BCUT2D eigenvalue weighted by atomic mass is 10.1. The third-order valence-corrected chi connectivity index (χ3v) is 5.71. The van der Waals surface area contributed by atoms with Crippen LogP contribution in [0.4, 0.5) is 20.3 Å². The first-order valence-corrected chi connectivity index (χ1v) is 10.6. The third-order valence-electron chi connectivity index (χ3n) is 5.71. The molecule has 1 amide bonds. The van der Waals surface area contributed by atoms with E-state index in [1.165, 1.54) is 12.4 Å². The van der Waals surface area contributed by atoms with Gasteiger partial charge in [-0.1, -0.05) is 12.1 Å². The summed E-state index contributed by atoms with van der Waals surface area (Å²) < 4.78 is 29.0.